The molecule has 0 amide bonds. The molecule has 29 heavy (non-hydrogen) atoms. The number of aromatic amines is 1. The van der Waals surface area contributed by atoms with Crippen molar-refractivity contribution in [3.05, 3.63) is 52.6 Å². The number of H-pyrrole nitrogens is 1. The van der Waals surface area contributed by atoms with Gasteiger partial charge < -0.3 is 19.3 Å². The molecule has 1 atom stereocenters. The van der Waals surface area contributed by atoms with Crippen LogP contribution < -0.4 is 5.56 Å². The van der Waals surface area contributed by atoms with Crippen LogP contribution >= 0.6 is 7.60 Å². The molecule has 152 valence electrons. The van der Waals surface area contributed by atoms with Gasteiger partial charge >= 0.3 is 13.8 Å². The van der Waals surface area contributed by atoms with Crippen LogP contribution in [0, 0.1) is 0 Å². The number of benzene rings is 1. The zero-order valence-electron chi connectivity index (χ0n) is 14.5. The number of fused-ring (bicyclic) bond motifs is 3. The first-order valence-corrected chi connectivity index (χ1v) is 9.72. The summed E-state index contributed by atoms with van der Waals surface area (Å²) >= 11 is 0. The van der Waals surface area contributed by atoms with Gasteiger partial charge in [0.05, 0.1) is 28.6 Å². The summed E-state index contributed by atoms with van der Waals surface area (Å²) < 4.78 is 54.8. The molecule has 3 N–H and O–H groups in total. The van der Waals surface area contributed by atoms with Gasteiger partial charge in [-0.3, -0.25) is 13.8 Å². The van der Waals surface area contributed by atoms with Gasteiger partial charge in [0.1, 0.15) is 5.66 Å². The maximum absolute atomic E-state index is 13.6. The minimum absolute atomic E-state index is 0.0385. The zero-order valence-corrected chi connectivity index (χ0v) is 15.4. The number of alkyl halides is 3. The van der Waals surface area contributed by atoms with E-state index in [1.165, 1.54) is 25.6 Å². The van der Waals surface area contributed by atoms with Gasteiger partial charge in [-0.2, -0.15) is 13.2 Å². The van der Waals surface area contributed by atoms with Crippen molar-refractivity contribution < 1.29 is 27.5 Å². The molecule has 0 radical (unpaired) electrons. The molecule has 4 aromatic rings. The maximum atomic E-state index is 13.6. The lowest BCUT2D eigenvalue weighted by Gasteiger charge is -2.16. The molecule has 0 fully saturated rings. The highest BCUT2D eigenvalue weighted by atomic mass is 31.2. The Kier molecular flexibility index (Phi) is 4.15. The van der Waals surface area contributed by atoms with Crippen LogP contribution in [0.15, 0.2) is 35.6 Å². The van der Waals surface area contributed by atoms with Gasteiger partial charge in [-0.1, -0.05) is 0 Å². The molecule has 0 spiro atoms. The summed E-state index contributed by atoms with van der Waals surface area (Å²) in [4.78, 5) is 37.3. The first kappa shape index (κ1) is 19.3. The Morgan fingerprint density at radius 3 is 2.55 bits per heavy atom. The highest BCUT2D eigenvalue weighted by Gasteiger charge is 2.36. The van der Waals surface area contributed by atoms with E-state index in [0.29, 0.717) is 0 Å². The predicted octanol–water partition coefficient (Wildman–Crippen LogP) is 2.01. The normalized spacial score (nSPS) is 14.0. The fourth-order valence-electron chi connectivity index (χ4n) is 2.98. The maximum Gasteiger partial charge on any atom is 0.418 e. The third-order valence-corrected chi connectivity index (χ3v) is 5.70. The van der Waals surface area contributed by atoms with Gasteiger partial charge in [-0.05, 0) is 19.1 Å². The lowest BCUT2D eigenvalue weighted by molar-refractivity contribution is -0.137. The van der Waals surface area contributed by atoms with Crippen LogP contribution in [0.5, 0.6) is 0 Å². The third-order valence-electron chi connectivity index (χ3n) is 4.46. The second-order valence-corrected chi connectivity index (χ2v) is 8.24. The smallest absolute Gasteiger partial charge is 0.324 e. The van der Waals surface area contributed by atoms with E-state index >= 15 is 0 Å². The van der Waals surface area contributed by atoms with E-state index < -0.39 is 30.6 Å². The minimum atomic E-state index is -4.74. The fraction of sp³-hybridized carbons (Fsp3) is 0.200. The molecule has 0 saturated carbocycles. The van der Waals surface area contributed by atoms with E-state index in [4.69, 9.17) is 0 Å². The molecule has 0 aliphatic heterocycles. The van der Waals surface area contributed by atoms with Crippen molar-refractivity contribution in [3.63, 3.8) is 0 Å². The summed E-state index contributed by atoms with van der Waals surface area (Å²) in [5.74, 6) is -0.249. The van der Waals surface area contributed by atoms with Gasteiger partial charge in [0.2, 0.25) is 5.65 Å². The van der Waals surface area contributed by atoms with E-state index in [9.17, 15) is 32.3 Å². The molecule has 0 aliphatic carbocycles. The predicted molar refractivity (Wildman–Crippen MR) is 93.7 cm³/mol. The number of halogens is 3. The van der Waals surface area contributed by atoms with Gasteiger partial charge in [0.25, 0.3) is 5.56 Å². The second-order valence-electron chi connectivity index (χ2n) is 6.29. The van der Waals surface area contributed by atoms with Crippen LogP contribution in [-0.2, 0) is 10.7 Å². The molecule has 10 nitrogen and oxygen atoms in total. The number of imidazole rings is 1. The van der Waals surface area contributed by atoms with E-state index in [2.05, 4.69) is 20.2 Å². The topological polar surface area (TPSA) is 138 Å². The molecule has 3 aromatic heterocycles. The van der Waals surface area contributed by atoms with Gasteiger partial charge in [0.15, 0.2) is 5.82 Å². The van der Waals surface area contributed by atoms with E-state index in [1.807, 2.05) is 0 Å². The average Bonchev–Trinajstić information content (AvgIpc) is 3.29. The van der Waals surface area contributed by atoms with E-state index in [-0.39, 0.29) is 28.2 Å². The van der Waals surface area contributed by atoms with Crippen molar-refractivity contribution in [3.8, 4) is 5.69 Å². The first-order valence-electron chi connectivity index (χ1n) is 8.04. The largest absolute Gasteiger partial charge is 0.418 e. The average molecular weight is 428 g/mol. The van der Waals surface area contributed by atoms with Gasteiger partial charge in [-0.15, -0.1) is 10.2 Å². The first-order chi connectivity index (χ1) is 13.5. The Balaban J connectivity index is 2.16. The molecule has 0 saturated heterocycles. The van der Waals surface area contributed by atoms with Crippen LogP contribution in [0.4, 0.5) is 13.2 Å². The Labute approximate surface area is 158 Å². The Morgan fingerprint density at radius 1 is 1.24 bits per heavy atom. The Hall–Kier alpha value is -3.02. The molecular weight excluding hydrogens is 416 g/mol. The lowest BCUT2D eigenvalue weighted by atomic mass is 10.1. The van der Waals surface area contributed by atoms with E-state index in [0.717, 1.165) is 21.1 Å². The van der Waals surface area contributed by atoms with E-state index in [1.54, 1.807) is 0 Å². The molecule has 1 aromatic carbocycles. The number of hydrogen-bond acceptors (Lipinski definition) is 5. The van der Waals surface area contributed by atoms with Crippen molar-refractivity contribution in [2.24, 2.45) is 0 Å². The van der Waals surface area contributed by atoms with Crippen LogP contribution in [0.25, 0.3) is 22.4 Å². The number of nitrogens with one attached hydrogen (secondary N) is 1. The summed E-state index contributed by atoms with van der Waals surface area (Å²) in [5, 5.41) is 7.35. The molecule has 3 heterocycles. The third kappa shape index (κ3) is 3.12. The quantitative estimate of drug-likeness (QED) is 0.424. The van der Waals surface area contributed by atoms with Crippen molar-refractivity contribution >= 4 is 24.3 Å². The van der Waals surface area contributed by atoms with Crippen LogP contribution in [0.3, 0.4) is 0 Å². The summed E-state index contributed by atoms with van der Waals surface area (Å²) in [5.41, 5.74) is -4.08. The fourth-order valence-corrected chi connectivity index (χ4v) is 3.45. The highest BCUT2D eigenvalue weighted by Crippen LogP contribution is 2.51. The van der Waals surface area contributed by atoms with Crippen LogP contribution in [0.1, 0.15) is 24.0 Å². The van der Waals surface area contributed by atoms with Crippen LogP contribution in [-0.4, -0.2) is 38.9 Å². The SMILES string of the molecule is CC(c1nnc2c(=O)[nH]c3cc(C(F)(F)F)c(-n4ccnc4)cc3n12)P(=O)(O)O. The summed E-state index contributed by atoms with van der Waals surface area (Å²) in [7, 11) is -4.67. The number of hydrogen-bond donors (Lipinski definition) is 3. The number of nitrogens with zero attached hydrogens (tertiary/aromatic N) is 5. The number of aromatic nitrogens is 6. The number of rotatable bonds is 3. The van der Waals surface area contributed by atoms with Crippen molar-refractivity contribution in [1.29, 1.82) is 0 Å². The monoisotopic (exact) mass is 428 g/mol. The van der Waals surface area contributed by atoms with Crippen molar-refractivity contribution in [2.45, 2.75) is 18.8 Å². The van der Waals surface area contributed by atoms with Crippen molar-refractivity contribution in [1.82, 2.24) is 29.1 Å². The molecule has 0 bridgehead atoms. The summed E-state index contributed by atoms with van der Waals surface area (Å²) in [6.07, 6.45) is -0.961. The van der Waals surface area contributed by atoms with Crippen LogP contribution in [0.2, 0.25) is 0 Å². The molecule has 4 rings (SSSR count). The Bertz CT molecular complexity index is 1340. The van der Waals surface area contributed by atoms with Gasteiger partial charge in [-0.25, -0.2) is 4.98 Å². The van der Waals surface area contributed by atoms with Crippen molar-refractivity contribution in [2.75, 3.05) is 0 Å². The standard InChI is InChI=1S/C15H12F3N6O4P/c1-7(29(26,27)28)12-21-22-13-14(25)20-9-4-8(15(16,17)18)10(5-11(9)24(12)13)23-3-2-19-6-23/h2-7H,1H3,(H,20,25)(H2,26,27,28). The molecular formula is C15H12F3N6O4P. The summed E-state index contributed by atoms with van der Waals surface area (Å²) in [6, 6.07) is 1.87. The van der Waals surface area contributed by atoms with Gasteiger partial charge in [0, 0.05) is 12.4 Å². The zero-order chi connectivity index (χ0) is 21.1. The molecule has 1 unspecified atom stereocenters. The summed E-state index contributed by atoms with van der Waals surface area (Å²) in [6.45, 7) is 1.19. The molecule has 0 aliphatic rings. The highest BCUT2D eigenvalue weighted by molar-refractivity contribution is 7.52. The second kappa shape index (κ2) is 6.24. The molecule has 14 heteroatoms. The minimum Gasteiger partial charge on any atom is -0.324 e. The Morgan fingerprint density at radius 2 is 1.97 bits per heavy atom. The lowest BCUT2D eigenvalue weighted by Crippen LogP contribution is -2.16.